The summed E-state index contributed by atoms with van der Waals surface area (Å²) < 4.78 is 5.14. The second-order valence-electron chi connectivity index (χ2n) is 6.04. The van der Waals surface area contributed by atoms with Crippen LogP contribution in [0.15, 0.2) is 30.3 Å². The molecule has 0 radical (unpaired) electrons. The van der Waals surface area contributed by atoms with Crippen LogP contribution < -0.4 is 10.6 Å². The van der Waals surface area contributed by atoms with Gasteiger partial charge in [0, 0.05) is 23.6 Å². The third kappa shape index (κ3) is 5.53. The number of rotatable bonds is 7. The summed E-state index contributed by atoms with van der Waals surface area (Å²) in [6, 6.07) is 7.11. The molecule has 0 fully saturated rings. The SMILES string of the molecule is CCOC(=O)c1c(NC(=O)/C=C/c2ccc(NC(C)=O)cc2)sc(C)c1CC. The van der Waals surface area contributed by atoms with Gasteiger partial charge in [0.2, 0.25) is 11.8 Å². The first-order valence-corrected chi connectivity index (χ1v) is 9.83. The zero-order valence-corrected chi connectivity index (χ0v) is 17.2. The second-order valence-corrected chi connectivity index (χ2v) is 7.27. The summed E-state index contributed by atoms with van der Waals surface area (Å²) in [7, 11) is 0. The van der Waals surface area contributed by atoms with E-state index < -0.39 is 5.97 Å². The molecule has 0 aliphatic carbocycles. The van der Waals surface area contributed by atoms with Gasteiger partial charge >= 0.3 is 5.97 Å². The van der Waals surface area contributed by atoms with Crippen LogP contribution in [0, 0.1) is 6.92 Å². The quantitative estimate of drug-likeness (QED) is 0.533. The summed E-state index contributed by atoms with van der Waals surface area (Å²) in [6.07, 6.45) is 3.75. The molecule has 1 aromatic carbocycles. The Balaban J connectivity index is 2.13. The Morgan fingerprint density at radius 2 is 1.79 bits per heavy atom. The molecule has 0 atom stereocenters. The van der Waals surface area contributed by atoms with E-state index in [1.165, 1.54) is 24.3 Å². The highest BCUT2D eigenvalue weighted by Gasteiger charge is 2.22. The van der Waals surface area contributed by atoms with Crippen LogP contribution in [0.1, 0.15) is 47.1 Å². The van der Waals surface area contributed by atoms with Gasteiger partial charge in [0.1, 0.15) is 5.00 Å². The highest BCUT2D eigenvalue weighted by atomic mass is 32.1. The summed E-state index contributed by atoms with van der Waals surface area (Å²) in [5.41, 5.74) is 2.84. The summed E-state index contributed by atoms with van der Waals surface area (Å²) in [5.74, 6) is -0.894. The normalized spacial score (nSPS) is 10.7. The van der Waals surface area contributed by atoms with Crippen molar-refractivity contribution in [1.82, 2.24) is 0 Å². The number of carbonyl (C=O) groups is 3. The maximum Gasteiger partial charge on any atom is 0.341 e. The van der Waals surface area contributed by atoms with Gasteiger partial charge in [-0.25, -0.2) is 4.79 Å². The smallest absolute Gasteiger partial charge is 0.341 e. The van der Waals surface area contributed by atoms with E-state index in [1.54, 1.807) is 37.3 Å². The maximum absolute atomic E-state index is 12.3. The molecule has 0 unspecified atom stereocenters. The minimum absolute atomic E-state index is 0.141. The standard InChI is InChI=1S/C21H24N2O4S/c1-5-17-13(3)28-20(19(17)21(26)27-6-2)23-18(25)12-9-15-7-10-16(11-8-15)22-14(4)24/h7-12H,5-6H2,1-4H3,(H,22,24)(H,23,25)/b12-9+. The van der Waals surface area contributed by atoms with Crippen LogP contribution in [0.25, 0.3) is 6.08 Å². The predicted octanol–water partition coefficient (Wildman–Crippen LogP) is 4.41. The van der Waals surface area contributed by atoms with Gasteiger partial charge in [-0.2, -0.15) is 0 Å². The molecule has 2 N–H and O–H groups in total. The topological polar surface area (TPSA) is 84.5 Å². The molecule has 2 amide bonds. The van der Waals surface area contributed by atoms with Crippen molar-refractivity contribution in [2.24, 2.45) is 0 Å². The summed E-state index contributed by atoms with van der Waals surface area (Å²) >= 11 is 1.37. The third-order valence-electron chi connectivity index (χ3n) is 3.94. The maximum atomic E-state index is 12.3. The number of aryl methyl sites for hydroxylation is 1. The van der Waals surface area contributed by atoms with Gasteiger partial charge in [-0.1, -0.05) is 19.1 Å². The van der Waals surface area contributed by atoms with Crippen LogP contribution >= 0.6 is 11.3 Å². The molecule has 6 nitrogen and oxygen atoms in total. The van der Waals surface area contributed by atoms with E-state index in [0.717, 1.165) is 16.0 Å². The van der Waals surface area contributed by atoms with Crippen molar-refractivity contribution < 1.29 is 19.1 Å². The molecule has 2 rings (SSSR count). The van der Waals surface area contributed by atoms with Crippen molar-refractivity contribution >= 4 is 45.9 Å². The number of thiophene rings is 1. The molecular weight excluding hydrogens is 376 g/mol. The van der Waals surface area contributed by atoms with E-state index in [4.69, 9.17) is 4.74 Å². The van der Waals surface area contributed by atoms with Crippen molar-refractivity contribution in [3.8, 4) is 0 Å². The molecule has 1 aromatic heterocycles. The van der Waals surface area contributed by atoms with Crippen molar-refractivity contribution in [2.45, 2.75) is 34.1 Å². The lowest BCUT2D eigenvalue weighted by Gasteiger charge is -2.06. The molecule has 1 heterocycles. The van der Waals surface area contributed by atoms with Crippen LogP contribution in [0.2, 0.25) is 0 Å². The Morgan fingerprint density at radius 3 is 2.36 bits per heavy atom. The van der Waals surface area contributed by atoms with Gasteiger partial charge in [0.25, 0.3) is 0 Å². The van der Waals surface area contributed by atoms with Gasteiger partial charge in [0.05, 0.1) is 12.2 Å². The fraction of sp³-hybridized carbons (Fsp3) is 0.286. The predicted molar refractivity (Wildman–Crippen MR) is 113 cm³/mol. The number of hydrogen-bond acceptors (Lipinski definition) is 5. The number of anilines is 2. The Hall–Kier alpha value is -2.93. The summed E-state index contributed by atoms with van der Waals surface area (Å²) in [6.45, 7) is 7.36. The average Bonchev–Trinajstić information content (AvgIpc) is 2.95. The van der Waals surface area contributed by atoms with Crippen LogP contribution in [-0.4, -0.2) is 24.4 Å². The van der Waals surface area contributed by atoms with E-state index in [2.05, 4.69) is 10.6 Å². The summed E-state index contributed by atoms with van der Waals surface area (Å²) in [4.78, 5) is 36.7. The molecule has 0 bridgehead atoms. The first kappa shape index (κ1) is 21.4. The van der Waals surface area contributed by atoms with E-state index in [-0.39, 0.29) is 18.4 Å². The van der Waals surface area contributed by atoms with Crippen LogP contribution in [0.5, 0.6) is 0 Å². The van der Waals surface area contributed by atoms with Crippen LogP contribution in [-0.2, 0) is 20.7 Å². The molecule has 0 aliphatic rings. The van der Waals surface area contributed by atoms with E-state index in [1.807, 2.05) is 13.8 Å². The van der Waals surface area contributed by atoms with Gasteiger partial charge < -0.3 is 15.4 Å². The molecule has 0 spiro atoms. The number of nitrogens with one attached hydrogen (secondary N) is 2. The van der Waals surface area contributed by atoms with Crippen LogP contribution in [0.4, 0.5) is 10.7 Å². The van der Waals surface area contributed by atoms with E-state index >= 15 is 0 Å². The molecule has 0 saturated carbocycles. The van der Waals surface area contributed by atoms with E-state index in [9.17, 15) is 14.4 Å². The van der Waals surface area contributed by atoms with E-state index in [0.29, 0.717) is 22.7 Å². The number of esters is 1. The molecule has 7 heteroatoms. The number of benzene rings is 1. The van der Waals surface area contributed by atoms with Crippen molar-refractivity contribution in [3.63, 3.8) is 0 Å². The zero-order valence-electron chi connectivity index (χ0n) is 16.4. The Bertz CT molecular complexity index is 898. The number of ether oxygens (including phenoxy) is 1. The van der Waals surface area contributed by atoms with Crippen molar-refractivity contribution in [3.05, 3.63) is 51.9 Å². The first-order chi connectivity index (χ1) is 13.3. The Morgan fingerprint density at radius 1 is 1.11 bits per heavy atom. The third-order valence-corrected chi connectivity index (χ3v) is 5.00. The molecule has 0 aliphatic heterocycles. The molecule has 148 valence electrons. The molecule has 28 heavy (non-hydrogen) atoms. The fourth-order valence-electron chi connectivity index (χ4n) is 2.72. The lowest BCUT2D eigenvalue weighted by molar-refractivity contribution is -0.114. The number of hydrogen-bond donors (Lipinski definition) is 2. The van der Waals surface area contributed by atoms with Crippen molar-refractivity contribution in [1.29, 1.82) is 0 Å². The van der Waals surface area contributed by atoms with Crippen LogP contribution in [0.3, 0.4) is 0 Å². The summed E-state index contributed by atoms with van der Waals surface area (Å²) in [5, 5.41) is 5.98. The molecule has 0 saturated heterocycles. The lowest BCUT2D eigenvalue weighted by atomic mass is 10.1. The van der Waals surface area contributed by atoms with Gasteiger partial charge in [0.15, 0.2) is 0 Å². The number of carbonyl (C=O) groups excluding carboxylic acids is 3. The molecular formula is C21H24N2O4S. The minimum atomic E-state index is -0.420. The van der Waals surface area contributed by atoms with Gasteiger partial charge in [-0.05, 0) is 49.6 Å². The average molecular weight is 401 g/mol. The highest BCUT2D eigenvalue weighted by Crippen LogP contribution is 2.34. The Labute approximate surface area is 168 Å². The fourth-order valence-corrected chi connectivity index (χ4v) is 3.85. The lowest BCUT2D eigenvalue weighted by Crippen LogP contribution is -2.13. The zero-order chi connectivity index (χ0) is 20.7. The highest BCUT2D eigenvalue weighted by molar-refractivity contribution is 7.16. The Kier molecular flexibility index (Phi) is 7.52. The van der Waals surface area contributed by atoms with Gasteiger partial charge in [-0.3, -0.25) is 9.59 Å². The monoisotopic (exact) mass is 400 g/mol. The molecule has 2 aromatic rings. The first-order valence-electron chi connectivity index (χ1n) is 9.01. The number of amides is 2. The largest absolute Gasteiger partial charge is 0.462 e. The minimum Gasteiger partial charge on any atom is -0.462 e. The second kappa shape index (κ2) is 9.85. The van der Waals surface area contributed by atoms with Crippen molar-refractivity contribution in [2.75, 3.05) is 17.2 Å². The van der Waals surface area contributed by atoms with Gasteiger partial charge in [-0.15, -0.1) is 11.3 Å².